The number of anilines is 5. The lowest BCUT2D eigenvalue weighted by Gasteiger charge is -2.20. The molecule has 0 unspecified atom stereocenters. The summed E-state index contributed by atoms with van der Waals surface area (Å²) in [5, 5.41) is 30.5. The number of nitrogens with one attached hydrogen (secondary N) is 3. The zero-order valence-corrected chi connectivity index (χ0v) is 25.6. The maximum atomic E-state index is 13.7. The predicted molar refractivity (Wildman–Crippen MR) is 176 cm³/mol. The summed E-state index contributed by atoms with van der Waals surface area (Å²) in [5.74, 6) is -0.196. The van der Waals surface area contributed by atoms with Crippen molar-refractivity contribution in [3.8, 4) is 11.5 Å². The van der Waals surface area contributed by atoms with Crippen LogP contribution >= 0.6 is 0 Å². The molecule has 49 heavy (non-hydrogen) atoms. The van der Waals surface area contributed by atoms with Gasteiger partial charge in [-0.25, -0.2) is 4.99 Å². The molecule has 2 aromatic heterocycles. The minimum atomic E-state index is -0.622. The highest BCUT2D eigenvalue weighted by Crippen LogP contribution is 2.33. The molecule has 3 N–H and O–H groups in total. The second kappa shape index (κ2) is 13.5. The van der Waals surface area contributed by atoms with Crippen molar-refractivity contribution in [2.24, 2.45) is 4.99 Å². The van der Waals surface area contributed by atoms with Crippen molar-refractivity contribution < 1.29 is 28.5 Å². The summed E-state index contributed by atoms with van der Waals surface area (Å²) in [4.78, 5) is 53.7. The molecule has 3 heterocycles. The number of benzene rings is 3. The number of nitro benzene ring substituents is 2. The number of nitrogens with zero attached hydrogens (tertiary/aromatic N) is 7. The molecule has 246 valence electrons. The summed E-state index contributed by atoms with van der Waals surface area (Å²) in [6.07, 6.45) is 2.92. The average Bonchev–Trinajstić information content (AvgIpc) is 3.73. The lowest BCUT2D eigenvalue weighted by Crippen LogP contribution is -2.38. The number of furan rings is 1. The van der Waals surface area contributed by atoms with E-state index in [0.717, 1.165) is 5.01 Å². The monoisotopic (exact) mass is 664 g/mol. The normalized spacial score (nSPS) is 13.2. The number of methoxy groups -OCH3 is 2. The first-order valence-electron chi connectivity index (χ1n) is 14.2. The molecular weight excluding hydrogens is 640 g/mol. The van der Waals surface area contributed by atoms with Crippen LogP contribution in [0.25, 0.3) is 6.08 Å². The number of rotatable bonds is 12. The van der Waals surface area contributed by atoms with Gasteiger partial charge < -0.3 is 24.5 Å². The first-order chi connectivity index (χ1) is 23.7. The Bertz CT molecular complexity index is 2030. The largest absolute Gasteiger partial charge is 0.496 e. The Morgan fingerprint density at radius 3 is 1.86 bits per heavy atom. The van der Waals surface area contributed by atoms with Crippen molar-refractivity contribution in [1.29, 1.82) is 0 Å². The molecule has 0 saturated carbocycles. The summed E-state index contributed by atoms with van der Waals surface area (Å²) in [5.41, 5.74) is 2.74. The Labute approximate surface area is 276 Å². The summed E-state index contributed by atoms with van der Waals surface area (Å²) in [6, 6.07) is 20.4. The van der Waals surface area contributed by atoms with E-state index in [0.29, 0.717) is 11.3 Å². The van der Waals surface area contributed by atoms with E-state index in [9.17, 15) is 25.0 Å². The Balaban J connectivity index is 1.42. The fourth-order valence-electron chi connectivity index (χ4n) is 4.58. The number of aliphatic imine (C=N–C) groups is 1. The zero-order chi connectivity index (χ0) is 34.5. The fourth-order valence-corrected chi connectivity index (χ4v) is 4.58. The van der Waals surface area contributed by atoms with Crippen molar-refractivity contribution in [3.05, 3.63) is 122 Å². The van der Waals surface area contributed by atoms with Gasteiger partial charge in [-0.2, -0.15) is 20.0 Å². The molecule has 0 atom stereocenters. The van der Waals surface area contributed by atoms with Crippen molar-refractivity contribution in [2.75, 3.05) is 30.3 Å². The van der Waals surface area contributed by atoms with Crippen LogP contribution in [-0.4, -0.2) is 55.8 Å². The first kappa shape index (κ1) is 31.6. The molecular formula is C31H24N10O8. The number of carbonyl (C=O) groups is 1. The minimum Gasteiger partial charge on any atom is -0.496 e. The van der Waals surface area contributed by atoms with Crippen LogP contribution in [0, 0.1) is 20.2 Å². The van der Waals surface area contributed by atoms with Crippen LogP contribution in [-0.2, 0) is 4.79 Å². The van der Waals surface area contributed by atoms with E-state index < -0.39 is 15.8 Å². The second-order valence-electron chi connectivity index (χ2n) is 9.94. The number of aromatic nitrogens is 3. The first-order valence-corrected chi connectivity index (χ1v) is 14.2. The summed E-state index contributed by atoms with van der Waals surface area (Å²) < 4.78 is 15.6. The van der Waals surface area contributed by atoms with Crippen LogP contribution in [0.2, 0.25) is 0 Å². The number of amides is 1. The van der Waals surface area contributed by atoms with Crippen LogP contribution < -0.4 is 25.5 Å². The molecule has 0 saturated heterocycles. The van der Waals surface area contributed by atoms with Gasteiger partial charge in [-0.3, -0.25) is 30.4 Å². The quantitative estimate of drug-likeness (QED) is 0.0857. The van der Waals surface area contributed by atoms with Gasteiger partial charge in [-0.15, -0.1) is 0 Å². The van der Waals surface area contributed by atoms with Crippen LogP contribution in [0.15, 0.2) is 100 Å². The molecule has 5 aromatic rings. The Hall–Kier alpha value is -7.37. The van der Waals surface area contributed by atoms with Gasteiger partial charge in [0.2, 0.25) is 17.8 Å². The van der Waals surface area contributed by atoms with Crippen molar-refractivity contribution >= 4 is 58.4 Å². The van der Waals surface area contributed by atoms with E-state index in [2.05, 4.69) is 36.0 Å². The van der Waals surface area contributed by atoms with E-state index in [1.807, 2.05) is 0 Å². The second-order valence-corrected chi connectivity index (χ2v) is 9.94. The molecule has 18 heteroatoms. The van der Waals surface area contributed by atoms with E-state index >= 15 is 0 Å². The van der Waals surface area contributed by atoms with Crippen LogP contribution in [0.3, 0.4) is 0 Å². The Kier molecular flexibility index (Phi) is 8.74. The molecule has 6 rings (SSSR count). The summed E-state index contributed by atoms with van der Waals surface area (Å²) >= 11 is 0. The van der Waals surface area contributed by atoms with Crippen molar-refractivity contribution in [1.82, 2.24) is 20.0 Å². The van der Waals surface area contributed by atoms with E-state index in [1.54, 1.807) is 42.5 Å². The molecule has 3 aromatic carbocycles. The van der Waals surface area contributed by atoms with Gasteiger partial charge in [-0.05, 0) is 36.4 Å². The highest BCUT2D eigenvalue weighted by molar-refractivity contribution is 6.20. The third kappa shape index (κ3) is 6.92. The average molecular weight is 665 g/mol. The fraction of sp³-hybridized carbons (Fsp3) is 0.0645. The zero-order valence-electron chi connectivity index (χ0n) is 25.6. The van der Waals surface area contributed by atoms with Gasteiger partial charge in [0.15, 0.2) is 5.84 Å². The lowest BCUT2D eigenvalue weighted by molar-refractivity contribution is -0.384. The number of nitro groups is 2. The van der Waals surface area contributed by atoms with Gasteiger partial charge in [0.25, 0.3) is 17.3 Å². The van der Waals surface area contributed by atoms with E-state index in [4.69, 9.17) is 13.9 Å². The topological polar surface area (TPSA) is 225 Å². The number of carbonyl (C=O) groups excluding carboxylic acids is 1. The summed E-state index contributed by atoms with van der Waals surface area (Å²) in [7, 11) is 2.74. The van der Waals surface area contributed by atoms with Crippen LogP contribution in [0.4, 0.5) is 40.6 Å². The van der Waals surface area contributed by atoms with E-state index in [-0.39, 0.29) is 63.6 Å². The van der Waals surface area contributed by atoms with Crippen LogP contribution in [0.1, 0.15) is 11.3 Å². The number of hydrogen-bond donors (Lipinski definition) is 3. The predicted octanol–water partition coefficient (Wildman–Crippen LogP) is 5.44. The maximum Gasteiger partial charge on any atom is 0.297 e. The maximum absolute atomic E-state index is 13.7. The third-order valence-electron chi connectivity index (χ3n) is 6.86. The molecule has 0 bridgehead atoms. The number of hydrazine groups is 1. The number of hydrogen-bond acceptors (Lipinski definition) is 15. The van der Waals surface area contributed by atoms with Gasteiger partial charge >= 0.3 is 0 Å². The van der Waals surface area contributed by atoms with Crippen molar-refractivity contribution in [2.45, 2.75) is 0 Å². The molecule has 0 fully saturated rings. The Morgan fingerprint density at radius 2 is 1.35 bits per heavy atom. The molecule has 1 amide bonds. The van der Waals surface area contributed by atoms with Gasteiger partial charge in [0, 0.05) is 11.6 Å². The lowest BCUT2D eigenvalue weighted by atomic mass is 10.2. The van der Waals surface area contributed by atoms with Crippen molar-refractivity contribution in [3.63, 3.8) is 0 Å². The number of ether oxygens (including phenoxy) is 2. The number of amidine groups is 1. The molecule has 0 aliphatic carbocycles. The highest BCUT2D eigenvalue weighted by atomic mass is 16.6. The molecule has 0 radical (unpaired) electrons. The van der Waals surface area contributed by atoms with Crippen LogP contribution in [0.5, 0.6) is 11.5 Å². The molecule has 0 spiro atoms. The molecule has 1 aliphatic heterocycles. The smallest absolute Gasteiger partial charge is 0.297 e. The van der Waals surface area contributed by atoms with Gasteiger partial charge in [0.05, 0.1) is 42.5 Å². The standard InChI is InChI=1S/C31H24N10O8/c1-47-19-10-12-22(25(16-19)40(43)44)33-29-35-30(34-23-13-11-20(48-2)17-26(23)41(45)46)37-31(36-29)38-39-27(18-7-4-3-5-8-18)32-24(28(39)42)15-21-9-6-14-49-21/h3-17H,1-2H3,(H3,33,34,35,36,37,38)/b24-15+. The highest BCUT2D eigenvalue weighted by Gasteiger charge is 2.33. The van der Waals surface area contributed by atoms with Gasteiger partial charge in [-0.1, -0.05) is 30.3 Å². The van der Waals surface area contributed by atoms with E-state index in [1.165, 1.54) is 63.0 Å². The summed E-state index contributed by atoms with van der Waals surface area (Å²) in [6.45, 7) is 0. The minimum absolute atomic E-state index is 0.00298. The Morgan fingerprint density at radius 1 is 0.776 bits per heavy atom. The van der Waals surface area contributed by atoms with Gasteiger partial charge in [0.1, 0.15) is 34.3 Å². The third-order valence-corrected chi connectivity index (χ3v) is 6.86. The SMILES string of the molecule is COc1ccc(Nc2nc(Nc3ccc(OC)cc3[N+](=O)[O-])nc(NN3C(=O)/C(=C\c4ccco4)N=C3c3ccccc3)n2)c([N+](=O)[O-])c1. The molecule has 18 nitrogen and oxygen atoms in total. The molecule has 1 aliphatic rings.